The van der Waals surface area contributed by atoms with E-state index in [0.29, 0.717) is 13.3 Å². The molecule has 2 aliphatic heterocycles. The van der Waals surface area contributed by atoms with Crippen molar-refractivity contribution in [2.75, 3.05) is 39.5 Å². The Bertz CT molecular complexity index is 733. The molecule has 7 heteroatoms. The quantitative estimate of drug-likeness (QED) is 0.413. The second kappa shape index (κ2) is 9.28. The van der Waals surface area contributed by atoms with Gasteiger partial charge in [0.25, 0.3) is 5.91 Å². The number of benzene rings is 1. The van der Waals surface area contributed by atoms with Crippen molar-refractivity contribution in [2.45, 2.75) is 26.3 Å². The van der Waals surface area contributed by atoms with E-state index in [-0.39, 0.29) is 11.5 Å². The number of nitrogens with one attached hydrogen (secondary N) is 2. The summed E-state index contributed by atoms with van der Waals surface area (Å²) in [7, 11) is 0. The highest BCUT2D eigenvalue weighted by molar-refractivity contribution is 5.97. The van der Waals surface area contributed by atoms with Crippen LogP contribution in [0.4, 0.5) is 0 Å². The standard InChI is InChI=1S/C20H26N4O3/c1-2-3-6-22-20(25)17(12-21)14-24-9-7-23(8-10-24)13-16-4-5-18-19(11-16)27-15-26-18/h4-5,11,14H,2-3,6-10,13,15H2,1H3,(H,22,25)/p+1/b17-14-. The summed E-state index contributed by atoms with van der Waals surface area (Å²) >= 11 is 0. The summed E-state index contributed by atoms with van der Waals surface area (Å²) in [6, 6.07) is 8.13. The molecule has 0 saturated carbocycles. The molecule has 1 aromatic rings. The number of piperazine rings is 1. The number of hydrogen-bond donors (Lipinski definition) is 2. The maximum Gasteiger partial charge on any atom is 0.263 e. The van der Waals surface area contributed by atoms with E-state index < -0.39 is 0 Å². The molecule has 1 amide bonds. The highest BCUT2D eigenvalue weighted by Crippen LogP contribution is 2.32. The first kappa shape index (κ1) is 19.1. The number of fused-ring (bicyclic) bond motifs is 1. The number of rotatable bonds is 7. The molecule has 0 unspecified atom stereocenters. The van der Waals surface area contributed by atoms with E-state index in [2.05, 4.69) is 29.3 Å². The second-order valence-corrected chi connectivity index (χ2v) is 6.91. The normalized spacial score (nSPS) is 16.9. The average Bonchev–Trinajstić information content (AvgIpc) is 3.15. The van der Waals surface area contributed by atoms with Crippen LogP contribution >= 0.6 is 0 Å². The summed E-state index contributed by atoms with van der Waals surface area (Å²) < 4.78 is 10.8. The van der Waals surface area contributed by atoms with Gasteiger partial charge in [-0.2, -0.15) is 5.26 Å². The molecule has 144 valence electrons. The van der Waals surface area contributed by atoms with E-state index in [9.17, 15) is 10.1 Å². The molecule has 0 radical (unpaired) electrons. The van der Waals surface area contributed by atoms with Gasteiger partial charge in [-0.05, 0) is 24.6 Å². The molecule has 2 heterocycles. The minimum atomic E-state index is -0.277. The number of ether oxygens (including phenoxy) is 2. The number of carbonyl (C=O) groups excluding carboxylic acids is 1. The molecular formula is C20H27N4O3+. The maximum atomic E-state index is 12.1. The van der Waals surface area contributed by atoms with Crippen molar-refractivity contribution in [1.29, 1.82) is 5.26 Å². The van der Waals surface area contributed by atoms with Gasteiger partial charge in [-0.15, -0.1) is 0 Å². The molecule has 1 fully saturated rings. The van der Waals surface area contributed by atoms with E-state index in [0.717, 1.165) is 57.1 Å². The zero-order chi connectivity index (χ0) is 19.1. The zero-order valence-electron chi connectivity index (χ0n) is 15.8. The molecule has 1 saturated heterocycles. The third kappa shape index (κ3) is 5.14. The van der Waals surface area contributed by atoms with Gasteiger partial charge in [0.1, 0.15) is 18.2 Å². The third-order valence-electron chi connectivity index (χ3n) is 4.89. The molecule has 2 aliphatic rings. The number of hydrogen-bond acceptors (Lipinski definition) is 5. The fraction of sp³-hybridized carbons (Fsp3) is 0.500. The van der Waals surface area contributed by atoms with E-state index >= 15 is 0 Å². The van der Waals surface area contributed by atoms with Crippen molar-refractivity contribution in [3.8, 4) is 17.6 Å². The molecule has 0 bridgehead atoms. The lowest BCUT2D eigenvalue weighted by Gasteiger charge is -2.31. The highest BCUT2D eigenvalue weighted by atomic mass is 16.7. The van der Waals surface area contributed by atoms with Crippen LogP contribution < -0.4 is 19.7 Å². The van der Waals surface area contributed by atoms with Crippen molar-refractivity contribution < 1.29 is 19.2 Å². The lowest BCUT2D eigenvalue weighted by atomic mass is 10.1. The van der Waals surface area contributed by atoms with Crippen LogP contribution in [0.2, 0.25) is 0 Å². The smallest absolute Gasteiger partial charge is 0.263 e. The number of amides is 1. The Morgan fingerprint density at radius 3 is 2.85 bits per heavy atom. The van der Waals surface area contributed by atoms with E-state index in [1.54, 1.807) is 6.20 Å². The fourth-order valence-electron chi connectivity index (χ4n) is 3.28. The molecular weight excluding hydrogens is 344 g/mol. The average molecular weight is 371 g/mol. The fourth-order valence-corrected chi connectivity index (χ4v) is 3.28. The third-order valence-corrected chi connectivity index (χ3v) is 4.89. The summed E-state index contributed by atoms with van der Waals surface area (Å²) in [6.45, 7) is 7.48. The van der Waals surface area contributed by atoms with Gasteiger partial charge in [0.15, 0.2) is 11.5 Å². The summed E-state index contributed by atoms with van der Waals surface area (Å²) in [5.41, 5.74) is 1.41. The van der Waals surface area contributed by atoms with Crippen molar-refractivity contribution in [2.24, 2.45) is 0 Å². The Labute approximate surface area is 160 Å². The zero-order valence-corrected chi connectivity index (χ0v) is 15.8. The van der Waals surface area contributed by atoms with E-state index in [1.807, 2.05) is 12.1 Å². The minimum absolute atomic E-state index is 0.185. The van der Waals surface area contributed by atoms with Gasteiger partial charge in [-0.1, -0.05) is 13.3 Å². The summed E-state index contributed by atoms with van der Waals surface area (Å²) in [5, 5.41) is 12.1. The Hall–Kier alpha value is -2.72. The monoisotopic (exact) mass is 371 g/mol. The van der Waals surface area contributed by atoms with Crippen molar-refractivity contribution in [3.05, 3.63) is 35.5 Å². The Morgan fingerprint density at radius 1 is 1.33 bits per heavy atom. The summed E-state index contributed by atoms with van der Waals surface area (Å²) in [4.78, 5) is 15.6. The number of quaternary nitrogens is 1. The van der Waals surface area contributed by atoms with Gasteiger partial charge >= 0.3 is 0 Å². The number of unbranched alkanes of at least 4 members (excludes halogenated alkanes) is 1. The van der Waals surface area contributed by atoms with Crippen molar-refractivity contribution >= 4 is 5.91 Å². The molecule has 1 aromatic carbocycles. The predicted molar refractivity (Wildman–Crippen MR) is 100 cm³/mol. The lowest BCUT2D eigenvalue weighted by Crippen LogP contribution is -3.13. The van der Waals surface area contributed by atoms with Gasteiger partial charge in [0, 0.05) is 18.3 Å². The SMILES string of the molecule is CCCCNC(=O)/C(C#N)=C\N1CC[NH+](Cc2ccc3c(c2)OCO3)CC1. The van der Waals surface area contributed by atoms with Gasteiger partial charge in [0.05, 0.1) is 26.2 Å². The van der Waals surface area contributed by atoms with Gasteiger partial charge in [-0.25, -0.2) is 0 Å². The molecule has 3 rings (SSSR count). The van der Waals surface area contributed by atoms with E-state index in [1.165, 1.54) is 10.5 Å². The Balaban J connectivity index is 1.49. The van der Waals surface area contributed by atoms with Crippen LogP contribution in [0.15, 0.2) is 30.0 Å². The molecule has 0 spiro atoms. The van der Waals surface area contributed by atoms with Crippen LogP contribution in [0.1, 0.15) is 25.3 Å². The lowest BCUT2D eigenvalue weighted by molar-refractivity contribution is -0.917. The van der Waals surface area contributed by atoms with Crippen molar-refractivity contribution in [3.63, 3.8) is 0 Å². The number of carbonyl (C=O) groups is 1. The van der Waals surface area contributed by atoms with Crippen LogP contribution in [0.5, 0.6) is 11.5 Å². The molecule has 27 heavy (non-hydrogen) atoms. The van der Waals surface area contributed by atoms with Crippen molar-refractivity contribution in [1.82, 2.24) is 10.2 Å². The molecule has 2 N–H and O–H groups in total. The van der Waals surface area contributed by atoms with Gasteiger partial charge < -0.3 is 24.6 Å². The van der Waals surface area contributed by atoms with Crippen LogP contribution in [0, 0.1) is 11.3 Å². The first-order valence-corrected chi connectivity index (χ1v) is 9.56. The highest BCUT2D eigenvalue weighted by Gasteiger charge is 2.21. The minimum Gasteiger partial charge on any atom is -0.454 e. The first-order valence-electron chi connectivity index (χ1n) is 9.56. The predicted octanol–water partition coefficient (Wildman–Crippen LogP) is 0.440. The largest absolute Gasteiger partial charge is 0.454 e. The van der Waals surface area contributed by atoms with Gasteiger partial charge in [-0.3, -0.25) is 4.79 Å². The number of nitriles is 1. The second-order valence-electron chi connectivity index (χ2n) is 6.91. The van der Waals surface area contributed by atoms with Crippen LogP contribution in [-0.4, -0.2) is 50.3 Å². The maximum absolute atomic E-state index is 12.1. The van der Waals surface area contributed by atoms with Gasteiger partial charge in [0.2, 0.25) is 6.79 Å². The first-order chi connectivity index (χ1) is 13.2. The number of nitrogens with zero attached hydrogens (tertiary/aromatic N) is 2. The summed E-state index contributed by atoms with van der Waals surface area (Å²) in [5.74, 6) is 1.35. The molecule has 0 atom stereocenters. The van der Waals surface area contributed by atoms with E-state index in [4.69, 9.17) is 9.47 Å². The topological polar surface area (TPSA) is 79.0 Å². The Kier molecular flexibility index (Phi) is 6.55. The van der Waals surface area contributed by atoms with Crippen LogP contribution in [0.3, 0.4) is 0 Å². The Morgan fingerprint density at radius 2 is 2.11 bits per heavy atom. The summed E-state index contributed by atoms with van der Waals surface area (Å²) in [6.07, 6.45) is 3.64. The van der Waals surface area contributed by atoms with Crippen LogP contribution in [-0.2, 0) is 11.3 Å². The molecule has 0 aliphatic carbocycles. The molecule has 7 nitrogen and oxygen atoms in total. The molecule has 0 aromatic heterocycles. The van der Waals surface area contributed by atoms with Crippen LogP contribution in [0.25, 0.3) is 0 Å².